The topological polar surface area (TPSA) is 68.9 Å². The summed E-state index contributed by atoms with van der Waals surface area (Å²) >= 11 is 0. The molecular weight excluding hydrogens is 321 g/mol. The van der Waals surface area contributed by atoms with Crippen LogP contribution in [0.2, 0.25) is 0 Å². The van der Waals surface area contributed by atoms with E-state index < -0.39 is 0 Å². The summed E-state index contributed by atoms with van der Waals surface area (Å²) in [5, 5.41) is 2.93. The van der Waals surface area contributed by atoms with E-state index in [0.29, 0.717) is 32.3 Å². The Morgan fingerprint density at radius 1 is 1.31 bits per heavy atom. The Bertz CT molecular complexity index is 168. The molecule has 0 saturated carbocycles. The first kappa shape index (κ1) is 18.3. The summed E-state index contributed by atoms with van der Waals surface area (Å²) in [5.41, 5.74) is 5.58. The van der Waals surface area contributed by atoms with Crippen molar-refractivity contribution in [1.29, 1.82) is 0 Å². The Balaban J connectivity index is 0. The standard InChI is InChI=1S/C10H23N3O2.HI/c1-3-4-7-15-9-6-13-10(11)12-5-8-14-2;/h3-9H2,1-2H3,(H3,11,12,13);1H. The van der Waals surface area contributed by atoms with Crippen molar-refractivity contribution >= 4 is 29.9 Å². The van der Waals surface area contributed by atoms with Gasteiger partial charge < -0.3 is 20.5 Å². The van der Waals surface area contributed by atoms with Crippen molar-refractivity contribution in [2.45, 2.75) is 19.8 Å². The highest BCUT2D eigenvalue weighted by Gasteiger charge is 1.90. The van der Waals surface area contributed by atoms with Gasteiger partial charge in [-0.3, -0.25) is 4.99 Å². The van der Waals surface area contributed by atoms with E-state index in [1.807, 2.05) is 0 Å². The SMILES string of the molecule is CCCCOCCN=C(N)NCCOC.I. The van der Waals surface area contributed by atoms with Crippen LogP contribution in [0.15, 0.2) is 4.99 Å². The van der Waals surface area contributed by atoms with Crippen molar-refractivity contribution in [3.63, 3.8) is 0 Å². The smallest absolute Gasteiger partial charge is 0.188 e. The molecule has 0 aliphatic rings. The molecule has 0 aromatic rings. The molecule has 0 heterocycles. The van der Waals surface area contributed by atoms with Crippen LogP contribution in [0.4, 0.5) is 0 Å². The first-order valence-electron chi connectivity index (χ1n) is 5.41. The molecule has 16 heavy (non-hydrogen) atoms. The molecule has 0 aliphatic carbocycles. The molecule has 0 aliphatic heterocycles. The molecule has 0 amide bonds. The van der Waals surface area contributed by atoms with Gasteiger partial charge in [0.15, 0.2) is 5.96 Å². The van der Waals surface area contributed by atoms with Gasteiger partial charge in [-0.2, -0.15) is 0 Å². The maximum atomic E-state index is 5.58. The minimum Gasteiger partial charge on any atom is -0.383 e. The summed E-state index contributed by atoms with van der Waals surface area (Å²) in [7, 11) is 1.65. The van der Waals surface area contributed by atoms with Crippen molar-refractivity contribution < 1.29 is 9.47 Å². The molecule has 0 bridgehead atoms. The molecule has 98 valence electrons. The number of nitrogens with one attached hydrogen (secondary N) is 1. The van der Waals surface area contributed by atoms with Gasteiger partial charge in [-0.05, 0) is 6.42 Å². The molecule has 6 heteroatoms. The lowest BCUT2D eigenvalue weighted by Gasteiger charge is -2.04. The zero-order valence-corrected chi connectivity index (χ0v) is 12.5. The molecule has 0 unspecified atom stereocenters. The molecule has 0 radical (unpaired) electrons. The number of halogens is 1. The van der Waals surface area contributed by atoms with Crippen LogP contribution in [-0.2, 0) is 9.47 Å². The van der Waals surface area contributed by atoms with E-state index in [9.17, 15) is 0 Å². The van der Waals surface area contributed by atoms with Gasteiger partial charge in [-0.15, -0.1) is 24.0 Å². The number of hydrogen-bond donors (Lipinski definition) is 2. The second kappa shape index (κ2) is 14.9. The zero-order chi connectivity index (χ0) is 11.4. The number of nitrogens with zero attached hydrogens (tertiary/aromatic N) is 1. The van der Waals surface area contributed by atoms with Crippen LogP contribution in [0, 0.1) is 0 Å². The first-order valence-corrected chi connectivity index (χ1v) is 5.41. The van der Waals surface area contributed by atoms with Crippen molar-refractivity contribution in [3.05, 3.63) is 0 Å². The Morgan fingerprint density at radius 2 is 2.06 bits per heavy atom. The number of guanidine groups is 1. The summed E-state index contributed by atoms with van der Waals surface area (Å²) in [6.45, 7) is 5.50. The first-order chi connectivity index (χ1) is 7.31. The Morgan fingerprint density at radius 3 is 2.69 bits per heavy atom. The van der Waals surface area contributed by atoms with E-state index in [1.54, 1.807) is 7.11 Å². The van der Waals surface area contributed by atoms with Crippen molar-refractivity contribution in [2.24, 2.45) is 10.7 Å². The van der Waals surface area contributed by atoms with Gasteiger partial charge in [-0.25, -0.2) is 0 Å². The van der Waals surface area contributed by atoms with E-state index in [0.717, 1.165) is 19.4 Å². The zero-order valence-electron chi connectivity index (χ0n) is 10.2. The summed E-state index contributed by atoms with van der Waals surface area (Å²) in [5.74, 6) is 0.450. The largest absolute Gasteiger partial charge is 0.383 e. The quantitative estimate of drug-likeness (QED) is 0.283. The summed E-state index contributed by atoms with van der Waals surface area (Å²) in [6, 6.07) is 0. The molecule has 5 nitrogen and oxygen atoms in total. The van der Waals surface area contributed by atoms with Crippen LogP contribution in [0.1, 0.15) is 19.8 Å². The van der Waals surface area contributed by atoms with E-state index in [1.165, 1.54) is 0 Å². The predicted octanol–water partition coefficient (Wildman–Crippen LogP) is 0.972. The number of ether oxygens (including phenoxy) is 2. The number of hydrogen-bond acceptors (Lipinski definition) is 3. The van der Waals surface area contributed by atoms with Crippen LogP contribution in [-0.4, -0.2) is 46.0 Å². The summed E-state index contributed by atoms with van der Waals surface area (Å²) in [4.78, 5) is 4.10. The van der Waals surface area contributed by atoms with Crippen LogP contribution < -0.4 is 11.1 Å². The Labute approximate surface area is 115 Å². The van der Waals surface area contributed by atoms with E-state index >= 15 is 0 Å². The van der Waals surface area contributed by atoms with Crippen LogP contribution in [0.25, 0.3) is 0 Å². The Kier molecular flexibility index (Phi) is 17.1. The predicted molar refractivity (Wildman–Crippen MR) is 77.5 cm³/mol. The van der Waals surface area contributed by atoms with Gasteiger partial charge in [0.1, 0.15) is 0 Å². The molecular formula is C10H24IN3O2. The normalized spacial score (nSPS) is 11.0. The average Bonchev–Trinajstić information content (AvgIpc) is 2.23. The van der Waals surface area contributed by atoms with Gasteiger partial charge in [0.2, 0.25) is 0 Å². The van der Waals surface area contributed by atoms with Crippen LogP contribution in [0.3, 0.4) is 0 Å². The number of aliphatic imine (C=N–C) groups is 1. The minimum atomic E-state index is 0. The van der Waals surface area contributed by atoms with Crippen molar-refractivity contribution in [3.8, 4) is 0 Å². The highest BCUT2D eigenvalue weighted by Crippen LogP contribution is 1.87. The molecule has 0 atom stereocenters. The molecule has 0 aromatic heterocycles. The Hall–Kier alpha value is -0.0800. The third-order valence-corrected chi connectivity index (χ3v) is 1.77. The van der Waals surface area contributed by atoms with Crippen LogP contribution in [0.5, 0.6) is 0 Å². The fourth-order valence-electron chi connectivity index (χ4n) is 0.916. The number of nitrogens with two attached hydrogens (primary N) is 1. The van der Waals surface area contributed by atoms with E-state index in [2.05, 4.69) is 17.2 Å². The lowest BCUT2D eigenvalue weighted by molar-refractivity contribution is 0.139. The lowest BCUT2D eigenvalue weighted by Crippen LogP contribution is -2.34. The third kappa shape index (κ3) is 13.9. The van der Waals surface area contributed by atoms with Crippen LogP contribution >= 0.6 is 24.0 Å². The number of methoxy groups -OCH3 is 1. The monoisotopic (exact) mass is 345 g/mol. The van der Waals surface area contributed by atoms with Crippen molar-refractivity contribution in [1.82, 2.24) is 5.32 Å². The third-order valence-electron chi connectivity index (χ3n) is 1.77. The molecule has 0 saturated heterocycles. The van der Waals surface area contributed by atoms with Crippen molar-refractivity contribution in [2.75, 3.05) is 40.0 Å². The maximum absolute atomic E-state index is 5.58. The second-order valence-corrected chi connectivity index (χ2v) is 3.15. The molecule has 0 fully saturated rings. The van der Waals surface area contributed by atoms with Gasteiger partial charge in [0.25, 0.3) is 0 Å². The van der Waals surface area contributed by atoms with Gasteiger partial charge >= 0.3 is 0 Å². The molecule has 0 rings (SSSR count). The number of unbranched alkanes of at least 4 members (excludes halogenated alkanes) is 1. The molecule has 0 aromatic carbocycles. The van der Waals surface area contributed by atoms with Gasteiger partial charge in [0.05, 0.1) is 19.8 Å². The van der Waals surface area contributed by atoms with Gasteiger partial charge in [0, 0.05) is 20.3 Å². The minimum absolute atomic E-state index is 0. The van der Waals surface area contributed by atoms with E-state index in [-0.39, 0.29) is 24.0 Å². The lowest BCUT2D eigenvalue weighted by atomic mass is 10.4. The fourth-order valence-corrected chi connectivity index (χ4v) is 0.916. The highest BCUT2D eigenvalue weighted by atomic mass is 127. The maximum Gasteiger partial charge on any atom is 0.188 e. The average molecular weight is 345 g/mol. The van der Waals surface area contributed by atoms with E-state index in [4.69, 9.17) is 15.2 Å². The molecule has 0 spiro atoms. The summed E-state index contributed by atoms with van der Waals surface area (Å²) < 4.78 is 10.2. The van der Waals surface area contributed by atoms with Gasteiger partial charge in [-0.1, -0.05) is 13.3 Å². The molecule has 3 N–H and O–H groups in total. The summed E-state index contributed by atoms with van der Waals surface area (Å²) in [6.07, 6.45) is 2.26. The highest BCUT2D eigenvalue weighted by molar-refractivity contribution is 14.0. The fraction of sp³-hybridized carbons (Fsp3) is 0.900. The second-order valence-electron chi connectivity index (χ2n) is 3.15. The number of rotatable bonds is 9.